The Morgan fingerprint density at radius 2 is 2.18 bits per heavy atom. The summed E-state index contributed by atoms with van der Waals surface area (Å²) in [4.78, 5) is 4.11. The van der Waals surface area contributed by atoms with Crippen molar-refractivity contribution in [3.63, 3.8) is 0 Å². The Bertz CT molecular complexity index is 662. The molecule has 122 valence electrons. The van der Waals surface area contributed by atoms with Crippen LogP contribution in [-0.2, 0) is 16.3 Å². The average Bonchev–Trinajstić information content (AvgIpc) is 2.79. The highest BCUT2D eigenvalue weighted by molar-refractivity contribution is 7.91. The minimum absolute atomic E-state index is 0.0738. The van der Waals surface area contributed by atoms with Gasteiger partial charge in [-0.1, -0.05) is 29.3 Å². The van der Waals surface area contributed by atoms with Crippen molar-refractivity contribution in [2.24, 2.45) is 4.99 Å². The van der Waals surface area contributed by atoms with E-state index in [1.165, 1.54) is 0 Å². The highest BCUT2D eigenvalue weighted by Gasteiger charge is 2.28. The summed E-state index contributed by atoms with van der Waals surface area (Å²) in [6.07, 6.45) is 1.34. The van der Waals surface area contributed by atoms with Gasteiger partial charge in [-0.2, -0.15) is 0 Å². The summed E-state index contributed by atoms with van der Waals surface area (Å²) in [7, 11) is -1.24. The number of rotatable bonds is 4. The lowest BCUT2D eigenvalue weighted by Gasteiger charge is -2.16. The second-order valence-electron chi connectivity index (χ2n) is 5.23. The highest BCUT2D eigenvalue weighted by atomic mass is 35.5. The summed E-state index contributed by atoms with van der Waals surface area (Å²) in [6, 6.07) is 5.34. The Morgan fingerprint density at radius 1 is 1.41 bits per heavy atom. The van der Waals surface area contributed by atoms with Gasteiger partial charge in [0.2, 0.25) is 0 Å². The van der Waals surface area contributed by atoms with Gasteiger partial charge in [0.25, 0.3) is 0 Å². The Hall–Kier alpha value is -0.980. The Morgan fingerprint density at radius 3 is 2.77 bits per heavy atom. The molecule has 1 aromatic carbocycles. The van der Waals surface area contributed by atoms with E-state index in [0.29, 0.717) is 29.0 Å². The summed E-state index contributed by atoms with van der Waals surface area (Å²) >= 11 is 12.0. The van der Waals surface area contributed by atoms with E-state index in [2.05, 4.69) is 15.6 Å². The van der Waals surface area contributed by atoms with Gasteiger partial charge in [-0.15, -0.1) is 0 Å². The number of nitrogens with zero attached hydrogens (tertiary/aromatic N) is 1. The predicted octanol–water partition coefficient (Wildman–Crippen LogP) is 1.89. The molecule has 0 saturated carbocycles. The molecule has 1 fully saturated rings. The highest BCUT2D eigenvalue weighted by Crippen LogP contribution is 2.21. The van der Waals surface area contributed by atoms with E-state index in [1.807, 2.05) is 6.07 Å². The molecule has 0 radical (unpaired) electrons. The van der Waals surface area contributed by atoms with E-state index in [1.54, 1.807) is 19.2 Å². The zero-order valence-electron chi connectivity index (χ0n) is 12.3. The van der Waals surface area contributed by atoms with Crippen molar-refractivity contribution >= 4 is 39.0 Å². The van der Waals surface area contributed by atoms with E-state index >= 15 is 0 Å². The van der Waals surface area contributed by atoms with Crippen LogP contribution in [0.3, 0.4) is 0 Å². The monoisotopic (exact) mass is 363 g/mol. The molecule has 0 spiro atoms. The molecule has 0 aromatic heterocycles. The second kappa shape index (κ2) is 7.53. The molecule has 2 rings (SSSR count). The Balaban J connectivity index is 1.82. The third-order valence-corrected chi connectivity index (χ3v) is 5.85. The smallest absolute Gasteiger partial charge is 0.191 e. The lowest BCUT2D eigenvalue weighted by atomic mass is 10.1. The van der Waals surface area contributed by atoms with Gasteiger partial charge < -0.3 is 10.6 Å². The van der Waals surface area contributed by atoms with Gasteiger partial charge in [-0.05, 0) is 30.5 Å². The van der Waals surface area contributed by atoms with Crippen LogP contribution < -0.4 is 10.6 Å². The molecule has 1 aliphatic heterocycles. The van der Waals surface area contributed by atoms with E-state index in [4.69, 9.17) is 23.2 Å². The zero-order valence-corrected chi connectivity index (χ0v) is 14.6. The van der Waals surface area contributed by atoms with Crippen LogP contribution in [0.1, 0.15) is 12.0 Å². The van der Waals surface area contributed by atoms with Crippen LogP contribution >= 0.6 is 23.2 Å². The van der Waals surface area contributed by atoms with Crippen LogP contribution in [-0.4, -0.2) is 45.5 Å². The number of sulfone groups is 1. The Labute approximate surface area is 141 Å². The maximum absolute atomic E-state index is 11.4. The molecule has 1 saturated heterocycles. The third kappa shape index (κ3) is 5.04. The molecule has 0 amide bonds. The normalized spacial score (nSPS) is 20.9. The molecule has 1 heterocycles. The minimum Gasteiger partial charge on any atom is -0.356 e. The maximum atomic E-state index is 11.4. The molecule has 1 aliphatic rings. The van der Waals surface area contributed by atoms with Gasteiger partial charge in [-0.25, -0.2) is 8.42 Å². The van der Waals surface area contributed by atoms with Crippen molar-refractivity contribution in [1.82, 2.24) is 10.6 Å². The lowest BCUT2D eigenvalue weighted by molar-refractivity contribution is 0.599. The number of halogens is 2. The first kappa shape index (κ1) is 17.4. The van der Waals surface area contributed by atoms with Crippen LogP contribution in [0.5, 0.6) is 0 Å². The summed E-state index contributed by atoms with van der Waals surface area (Å²) in [5.41, 5.74) is 0.998. The molecule has 1 aromatic rings. The van der Waals surface area contributed by atoms with E-state index in [-0.39, 0.29) is 17.5 Å². The summed E-state index contributed by atoms with van der Waals surface area (Å²) in [6.45, 7) is 0.639. The van der Waals surface area contributed by atoms with Crippen LogP contribution in [0.2, 0.25) is 10.0 Å². The lowest BCUT2D eigenvalue weighted by Crippen LogP contribution is -2.44. The first-order valence-corrected chi connectivity index (χ1v) is 9.59. The van der Waals surface area contributed by atoms with Crippen molar-refractivity contribution in [3.8, 4) is 0 Å². The first-order chi connectivity index (χ1) is 10.4. The zero-order chi connectivity index (χ0) is 16.2. The van der Waals surface area contributed by atoms with Gasteiger partial charge in [0, 0.05) is 29.7 Å². The van der Waals surface area contributed by atoms with Crippen LogP contribution in [0.25, 0.3) is 0 Å². The number of aliphatic imine (C=N–C) groups is 1. The Kier molecular flexibility index (Phi) is 5.94. The van der Waals surface area contributed by atoms with Gasteiger partial charge in [0.15, 0.2) is 15.8 Å². The third-order valence-electron chi connectivity index (χ3n) is 3.50. The van der Waals surface area contributed by atoms with E-state index in [0.717, 1.165) is 12.0 Å². The summed E-state index contributed by atoms with van der Waals surface area (Å²) < 4.78 is 22.9. The van der Waals surface area contributed by atoms with Crippen molar-refractivity contribution in [1.29, 1.82) is 0 Å². The van der Waals surface area contributed by atoms with Crippen LogP contribution in [0.15, 0.2) is 23.2 Å². The molecule has 1 unspecified atom stereocenters. The molecule has 22 heavy (non-hydrogen) atoms. The quantitative estimate of drug-likeness (QED) is 0.632. The number of nitrogens with one attached hydrogen (secondary N) is 2. The standard InChI is InChI=1S/C14H19Cl2N3O2S/c1-17-14(19-12-5-7-22(20,21)9-12)18-6-4-10-2-3-11(15)8-13(10)16/h2-3,8,12H,4-7,9H2,1H3,(H2,17,18,19). The van der Waals surface area contributed by atoms with Crippen LogP contribution in [0.4, 0.5) is 0 Å². The molecule has 1 atom stereocenters. The van der Waals surface area contributed by atoms with Gasteiger partial charge >= 0.3 is 0 Å². The van der Waals surface area contributed by atoms with E-state index < -0.39 is 9.84 Å². The number of benzene rings is 1. The van der Waals surface area contributed by atoms with Crippen molar-refractivity contribution in [3.05, 3.63) is 33.8 Å². The van der Waals surface area contributed by atoms with Crippen molar-refractivity contribution in [2.75, 3.05) is 25.1 Å². The molecular weight excluding hydrogens is 345 g/mol. The van der Waals surface area contributed by atoms with Crippen LogP contribution in [0, 0.1) is 0 Å². The van der Waals surface area contributed by atoms with Gasteiger partial charge in [-0.3, -0.25) is 4.99 Å². The molecular formula is C14H19Cl2N3O2S. The maximum Gasteiger partial charge on any atom is 0.191 e. The van der Waals surface area contributed by atoms with Gasteiger partial charge in [0.05, 0.1) is 11.5 Å². The number of hydrogen-bond donors (Lipinski definition) is 2. The SMILES string of the molecule is CN=C(NCCc1ccc(Cl)cc1Cl)NC1CCS(=O)(=O)C1. The first-order valence-electron chi connectivity index (χ1n) is 7.01. The summed E-state index contributed by atoms with van der Waals surface area (Å²) in [5.74, 6) is 1.01. The molecule has 0 aliphatic carbocycles. The fourth-order valence-corrected chi connectivity index (χ4v) is 4.51. The summed E-state index contributed by atoms with van der Waals surface area (Å²) in [5, 5.41) is 7.55. The largest absolute Gasteiger partial charge is 0.356 e. The molecule has 5 nitrogen and oxygen atoms in total. The fraction of sp³-hybridized carbons (Fsp3) is 0.500. The fourth-order valence-electron chi connectivity index (χ4n) is 2.34. The van der Waals surface area contributed by atoms with E-state index in [9.17, 15) is 8.42 Å². The number of guanidine groups is 1. The molecule has 2 N–H and O–H groups in total. The van der Waals surface area contributed by atoms with Crippen molar-refractivity contribution in [2.45, 2.75) is 18.9 Å². The topological polar surface area (TPSA) is 70.6 Å². The second-order valence-corrected chi connectivity index (χ2v) is 8.30. The predicted molar refractivity (Wildman–Crippen MR) is 91.7 cm³/mol. The average molecular weight is 364 g/mol. The van der Waals surface area contributed by atoms with Crippen molar-refractivity contribution < 1.29 is 8.42 Å². The molecule has 0 bridgehead atoms. The molecule has 8 heteroatoms. The minimum atomic E-state index is -2.90. The number of hydrogen-bond acceptors (Lipinski definition) is 3. The van der Waals surface area contributed by atoms with Gasteiger partial charge in [0.1, 0.15) is 0 Å².